The van der Waals surface area contributed by atoms with Gasteiger partial charge in [0, 0.05) is 18.1 Å². The predicted molar refractivity (Wildman–Crippen MR) is 70.1 cm³/mol. The van der Waals surface area contributed by atoms with Gasteiger partial charge in [-0.15, -0.1) is 0 Å². The highest BCUT2D eigenvalue weighted by Crippen LogP contribution is 2.39. The SMILES string of the molecule is CC1CC(c2ccncc2)Nc2ccccc21. The highest BCUT2D eigenvalue weighted by molar-refractivity contribution is 5.56. The number of benzene rings is 1. The van der Waals surface area contributed by atoms with Gasteiger partial charge in [-0.05, 0) is 41.7 Å². The van der Waals surface area contributed by atoms with Gasteiger partial charge in [-0.1, -0.05) is 25.1 Å². The molecule has 0 bridgehead atoms. The van der Waals surface area contributed by atoms with Crippen LogP contribution in [0.15, 0.2) is 48.8 Å². The van der Waals surface area contributed by atoms with Crippen LogP contribution in [0, 0.1) is 0 Å². The Bertz CT molecular complexity index is 507. The van der Waals surface area contributed by atoms with Crippen molar-refractivity contribution in [3.63, 3.8) is 0 Å². The zero-order valence-electron chi connectivity index (χ0n) is 9.93. The second kappa shape index (κ2) is 4.21. The van der Waals surface area contributed by atoms with Crippen LogP contribution in [0.1, 0.15) is 36.4 Å². The molecule has 0 fully saturated rings. The summed E-state index contributed by atoms with van der Waals surface area (Å²) in [6.45, 7) is 2.30. The summed E-state index contributed by atoms with van der Waals surface area (Å²) in [5.41, 5.74) is 4.02. The van der Waals surface area contributed by atoms with Crippen LogP contribution in [0.5, 0.6) is 0 Å². The molecule has 0 saturated heterocycles. The number of anilines is 1. The Hall–Kier alpha value is -1.83. The smallest absolute Gasteiger partial charge is 0.0520 e. The Labute approximate surface area is 102 Å². The molecule has 17 heavy (non-hydrogen) atoms. The van der Waals surface area contributed by atoms with Crippen LogP contribution in [0.25, 0.3) is 0 Å². The monoisotopic (exact) mass is 224 g/mol. The van der Waals surface area contributed by atoms with Crippen molar-refractivity contribution in [2.45, 2.75) is 25.3 Å². The van der Waals surface area contributed by atoms with Crippen molar-refractivity contribution in [3.8, 4) is 0 Å². The van der Waals surface area contributed by atoms with E-state index in [1.165, 1.54) is 16.8 Å². The number of nitrogens with zero attached hydrogens (tertiary/aromatic N) is 1. The van der Waals surface area contributed by atoms with E-state index in [2.05, 4.69) is 53.6 Å². The van der Waals surface area contributed by atoms with E-state index >= 15 is 0 Å². The van der Waals surface area contributed by atoms with Gasteiger partial charge in [0.05, 0.1) is 6.04 Å². The average Bonchev–Trinajstić information content (AvgIpc) is 2.40. The molecule has 1 aliphatic heterocycles. The van der Waals surface area contributed by atoms with Gasteiger partial charge in [-0.3, -0.25) is 4.98 Å². The Morgan fingerprint density at radius 2 is 1.88 bits per heavy atom. The molecule has 2 heterocycles. The molecule has 1 aromatic heterocycles. The van der Waals surface area contributed by atoms with E-state index in [0.29, 0.717) is 12.0 Å². The van der Waals surface area contributed by atoms with Gasteiger partial charge in [0.25, 0.3) is 0 Å². The first-order valence-electron chi connectivity index (χ1n) is 6.10. The van der Waals surface area contributed by atoms with Crippen LogP contribution in [0.3, 0.4) is 0 Å². The first-order valence-corrected chi connectivity index (χ1v) is 6.10. The van der Waals surface area contributed by atoms with Crippen molar-refractivity contribution in [2.24, 2.45) is 0 Å². The fourth-order valence-corrected chi connectivity index (χ4v) is 2.60. The maximum atomic E-state index is 4.08. The first kappa shape index (κ1) is 10.3. The second-order valence-electron chi connectivity index (χ2n) is 4.70. The Morgan fingerprint density at radius 1 is 1.12 bits per heavy atom. The number of rotatable bonds is 1. The maximum Gasteiger partial charge on any atom is 0.0520 e. The zero-order valence-corrected chi connectivity index (χ0v) is 9.93. The number of pyridine rings is 1. The van der Waals surface area contributed by atoms with Gasteiger partial charge >= 0.3 is 0 Å². The van der Waals surface area contributed by atoms with Crippen LogP contribution in [0.4, 0.5) is 5.69 Å². The van der Waals surface area contributed by atoms with Crippen molar-refractivity contribution in [3.05, 3.63) is 59.9 Å². The van der Waals surface area contributed by atoms with Crippen LogP contribution in [-0.4, -0.2) is 4.98 Å². The molecular formula is C15H16N2. The molecule has 1 aromatic carbocycles. The Kier molecular flexibility index (Phi) is 2.56. The summed E-state index contributed by atoms with van der Waals surface area (Å²) in [7, 11) is 0. The molecule has 1 aliphatic rings. The molecule has 3 rings (SSSR count). The number of nitrogens with one attached hydrogen (secondary N) is 1. The lowest BCUT2D eigenvalue weighted by molar-refractivity contribution is 0.579. The van der Waals surface area contributed by atoms with Gasteiger partial charge < -0.3 is 5.32 Å². The molecule has 2 unspecified atom stereocenters. The molecule has 2 heteroatoms. The van der Waals surface area contributed by atoms with Crippen LogP contribution in [0.2, 0.25) is 0 Å². The molecule has 1 N–H and O–H groups in total. The van der Waals surface area contributed by atoms with Crippen molar-refractivity contribution < 1.29 is 0 Å². The molecule has 86 valence electrons. The van der Waals surface area contributed by atoms with Gasteiger partial charge in [0.1, 0.15) is 0 Å². The van der Waals surface area contributed by atoms with Gasteiger partial charge in [0.2, 0.25) is 0 Å². The maximum absolute atomic E-state index is 4.08. The van der Waals surface area contributed by atoms with Gasteiger partial charge in [0.15, 0.2) is 0 Å². The molecule has 2 atom stereocenters. The lowest BCUT2D eigenvalue weighted by Gasteiger charge is -2.31. The number of para-hydroxylation sites is 1. The van der Waals surface area contributed by atoms with E-state index in [4.69, 9.17) is 0 Å². The summed E-state index contributed by atoms with van der Waals surface area (Å²) in [5.74, 6) is 0.602. The lowest BCUT2D eigenvalue weighted by atomic mass is 9.86. The summed E-state index contributed by atoms with van der Waals surface area (Å²) < 4.78 is 0. The van der Waals surface area contributed by atoms with E-state index < -0.39 is 0 Å². The number of aromatic nitrogens is 1. The van der Waals surface area contributed by atoms with E-state index in [1.807, 2.05) is 12.4 Å². The summed E-state index contributed by atoms with van der Waals surface area (Å²) in [4.78, 5) is 4.08. The van der Waals surface area contributed by atoms with E-state index in [9.17, 15) is 0 Å². The second-order valence-corrected chi connectivity index (χ2v) is 4.70. The van der Waals surface area contributed by atoms with Crippen molar-refractivity contribution in [1.82, 2.24) is 4.98 Å². The van der Waals surface area contributed by atoms with Gasteiger partial charge in [-0.25, -0.2) is 0 Å². The van der Waals surface area contributed by atoms with Crippen molar-refractivity contribution in [1.29, 1.82) is 0 Å². The quantitative estimate of drug-likeness (QED) is 0.798. The average molecular weight is 224 g/mol. The first-order chi connectivity index (χ1) is 8.34. The molecule has 0 spiro atoms. The minimum absolute atomic E-state index is 0.405. The fraction of sp³-hybridized carbons (Fsp3) is 0.267. The van der Waals surface area contributed by atoms with Crippen molar-refractivity contribution >= 4 is 5.69 Å². The highest BCUT2D eigenvalue weighted by Gasteiger charge is 2.23. The minimum atomic E-state index is 0.405. The number of hydrogen-bond acceptors (Lipinski definition) is 2. The molecule has 0 radical (unpaired) electrons. The number of fused-ring (bicyclic) bond motifs is 1. The third-order valence-electron chi connectivity index (χ3n) is 3.52. The molecule has 0 aliphatic carbocycles. The molecule has 0 amide bonds. The van der Waals surface area contributed by atoms with Crippen molar-refractivity contribution in [2.75, 3.05) is 5.32 Å². The van der Waals surface area contributed by atoms with E-state index in [0.717, 1.165) is 6.42 Å². The molecule has 0 saturated carbocycles. The molecule has 2 aromatic rings. The topological polar surface area (TPSA) is 24.9 Å². The Balaban J connectivity index is 1.94. The summed E-state index contributed by atoms with van der Waals surface area (Å²) >= 11 is 0. The molecule has 2 nitrogen and oxygen atoms in total. The van der Waals surface area contributed by atoms with E-state index in [1.54, 1.807) is 0 Å². The zero-order chi connectivity index (χ0) is 11.7. The van der Waals surface area contributed by atoms with Crippen LogP contribution >= 0.6 is 0 Å². The van der Waals surface area contributed by atoms with Gasteiger partial charge in [-0.2, -0.15) is 0 Å². The number of hydrogen-bond donors (Lipinski definition) is 1. The molecular weight excluding hydrogens is 208 g/mol. The summed E-state index contributed by atoms with van der Waals surface area (Å²) in [6.07, 6.45) is 4.87. The standard InChI is InChI=1S/C15H16N2/c1-11-10-15(12-6-8-16-9-7-12)17-14-5-3-2-4-13(11)14/h2-9,11,15,17H,10H2,1H3. The summed E-state index contributed by atoms with van der Waals surface area (Å²) in [6, 6.07) is 13.2. The third-order valence-corrected chi connectivity index (χ3v) is 3.52. The lowest BCUT2D eigenvalue weighted by Crippen LogP contribution is -2.20. The summed E-state index contributed by atoms with van der Waals surface area (Å²) in [5, 5.41) is 3.62. The van der Waals surface area contributed by atoms with Crippen LogP contribution < -0.4 is 5.32 Å². The minimum Gasteiger partial charge on any atom is -0.378 e. The largest absolute Gasteiger partial charge is 0.378 e. The predicted octanol–water partition coefficient (Wildman–Crippen LogP) is 3.74. The fourth-order valence-electron chi connectivity index (χ4n) is 2.60. The normalized spacial score (nSPS) is 22.6. The highest BCUT2D eigenvalue weighted by atomic mass is 14.9. The van der Waals surface area contributed by atoms with Crippen LogP contribution in [-0.2, 0) is 0 Å². The van der Waals surface area contributed by atoms with E-state index in [-0.39, 0.29) is 0 Å². The Morgan fingerprint density at radius 3 is 2.71 bits per heavy atom. The third kappa shape index (κ3) is 1.91.